The van der Waals surface area contributed by atoms with Crippen molar-refractivity contribution in [3.63, 3.8) is 0 Å². The number of Topliss-reactive ketones (excluding diaryl/α,β-unsaturated/α-hetero) is 1. The molecule has 1 aliphatic carbocycles. The second kappa shape index (κ2) is 3.32. The lowest BCUT2D eigenvalue weighted by atomic mass is 9.80. The summed E-state index contributed by atoms with van der Waals surface area (Å²) in [5, 5.41) is 4.04. The van der Waals surface area contributed by atoms with E-state index in [0.717, 1.165) is 18.4 Å². The monoisotopic (exact) mass is 178 g/mol. The molecule has 1 saturated carbocycles. The van der Waals surface area contributed by atoms with Crippen molar-refractivity contribution in [2.24, 2.45) is 13.0 Å². The number of carbonyl (C=O) groups excluding carboxylic acids is 1. The van der Waals surface area contributed by atoms with Crippen molar-refractivity contribution in [2.45, 2.75) is 25.7 Å². The Labute approximate surface area is 77.7 Å². The van der Waals surface area contributed by atoms with E-state index in [1.165, 1.54) is 6.42 Å². The first-order valence-electron chi connectivity index (χ1n) is 4.76. The molecule has 0 N–H and O–H groups in total. The SMILES string of the molecule is Cn1cc(CC(=O)C2CCC2)cn1. The van der Waals surface area contributed by atoms with E-state index >= 15 is 0 Å². The van der Waals surface area contributed by atoms with Crippen molar-refractivity contribution in [2.75, 3.05) is 0 Å². The highest BCUT2D eigenvalue weighted by Crippen LogP contribution is 2.28. The van der Waals surface area contributed by atoms with Crippen molar-refractivity contribution in [1.29, 1.82) is 0 Å². The summed E-state index contributed by atoms with van der Waals surface area (Å²) in [6.45, 7) is 0. The highest BCUT2D eigenvalue weighted by Gasteiger charge is 2.24. The first kappa shape index (κ1) is 8.48. The molecule has 0 unspecified atom stereocenters. The Morgan fingerprint density at radius 3 is 2.92 bits per heavy atom. The Hall–Kier alpha value is -1.12. The van der Waals surface area contributed by atoms with Gasteiger partial charge >= 0.3 is 0 Å². The van der Waals surface area contributed by atoms with Crippen LogP contribution in [-0.2, 0) is 18.3 Å². The van der Waals surface area contributed by atoms with Gasteiger partial charge < -0.3 is 0 Å². The number of carbonyl (C=O) groups is 1. The summed E-state index contributed by atoms with van der Waals surface area (Å²) in [5.74, 6) is 0.736. The average Bonchev–Trinajstić information content (AvgIpc) is 2.31. The maximum absolute atomic E-state index is 11.6. The van der Waals surface area contributed by atoms with Gasteiger partial charge in [0.15, 0.2) is 0 Å². The van der Waals surface area contributed by atoms with Crippen LogP contribution in [0.5, 0.6) is 0 Å². The predicted molar refractivity (Wildman–Crippen MR) is 49.3 cm³/mol. The van der Waals surface area contributed by atoms with Crippen LogP contribution in [0, 0.1) is 5.92 Å². The first-order chi connectivity index (χ1) is 6.25. The number of nitrogens with zero attached hydrogens (tertiary/aromatic N) is 2. The lowest BCUT2D eigenvalue weighted by Crippen LogP contribution is -2.23. The normalized spacial score (nSPS) is 17.0. The summed E-state index contributed by atoms with van der Waals surface area (Å²) < 4.78 is 1.74. The molecule has 1 aliphatic rings. The standard InChI is InChI=1S/C10H14N2O/c1-12-7-8(6-11-12)5-10(13)9-3-2-4-9/h6-7,9H,2-5H2,1H3. The summed E-state index contributed by atoms with van der Waals surface area (Å²) in [6.07, 6.45) is 7.67. The largest absolute Gasteiger partial charge is 0.299 e. The molecule has 0 radical (unpaired) electrons. The van der Waals surface area contributed by atoms with E-state index in [-0.39, 0.29) is 0 Å². The molecule has 0 saturated heterocycles. The fourth-order valence-corrected chi connectivity index (χ4v) is 1.64. The Morgan fingerprint density at radius 1 is 1.69 bits per heavy atom. The molecule has 1 aromatic heterocycles. The average molecular weight is 178 g/mol. The van der Waals surface area contributed by atoms with Gasteiger partial charge in [-0.1, -0.05) is 6.42 Å². The predicted octanol–water partition coefficient (Wildman–Crippen LogP) is 1.33. The molecule has 3 heteroatoms. The summed E-state index contributed by atoms with van der Waals surface area (Å²) >= 11 is 0. The summed E-state index contributed by atoms with van der Waals surface area (Å²) in [4.78, 5) is 11.6. The molecule has 0 amide bonds. The smallest absolute Gasteiger partial charge is 0.140 e. The minimum atomic E-state index is 0.347. The van der Waals surface area contributed by atoms with Crippen LogP contribution in [0.25, 0.3) is 0 Å². The molecule has 0 bridgehead atoms. The molecular formula is C10H14N2O. The lowest BCUT2D eigenvalue weighted by molar-refractivity contribution is -0.124. The number of ketones is 1. The van der Waals surface area contributed by atoms with Gasteiger partial charge in [-0.3, -0.25) is 9.48 Å². The Kier molecular flexibility index (Phi) is 2.17. The second-order valence-corrected chi connectivity index (χ2v) is 3.79. The maximum Gasteiger partial charge on any atom is 0.140 e. The molecule has 1 aromatic rings. The van der Waals surface area contributed by atoms with Gasteiger partial charge in [-0.05, 0) is 18.4 Å². The molecular weight excluding hydrogens is 164 g/mol. The van der Waals surface area contributed by atoms with E-state index in [1.54, 1.807) is 10.9 Å². The molecule has 1 heterocycles. The van der Waals surface area contributed by atoms with E-state index in [0.29, 0.717) is 18.1 Å². The number of aryl methyl sites for hydroxylation is 1. The van der Waals surface area contributed by atoms with E-state index < -0.39 is 0 Å². The van der Waals surface area contributed by atoms with Gasteiger partial charge in [0.05, 0.1) is 6.20 Å². The third-order valence-corrected chi connectivity index (χ3v) is 2.70. The zero-order valence-corrected chi connectivity index (χ0v) is 7.86. The molecule has 70 valence electrons. The number of aromatic nitrogens is 2. The summed E-state index contributed by atoms with van der Waals surface area (Å²) in [5.41, 5.74) is 1.04. The highest BCUT2D eigenvalue weighted by atomic mass is 16.1. The van der Waals surface area contributed by atoms with Crippen LogP contribution in [-0.4, -0.2) is 15.6 Å². The fourth-order valence-electron chi connectivity index (χ4n) is 1.64. The van der Waals surface area contributed by atoms with Gasteiger partial charge in [-0.25, -0.2) is 0 Å². The Bertz CT molecular complexity index is 312. The van der Waals surface area contributed by atoms with Crippen LogP contribution < -0.4 is 0 Å². The Morgan fingerprint density at radius 2 is 2.46 bits per heavy atom. The third kappa shape index (κ3) is 1.79. The molecule has 2 rings (SSSR count). The lowest BCUT2D eigenvalue weighted by Gasteiger charge is -2.23. The molecule has 13 heavy (non-hydrogen) atoms. The van der Waals surface area contributed by atoms with E-state index in [1.807, 2.05) is 13.2 Å². The van der Waals surface area contributed by atoms with Crippen LogP contribution in [0.2, 0.25) is 0 Å². The molecule has 0 aliphatic heterocycles. The van der Waals surface area contributed by atoms with Gasteiger partial charge in [-0.2, -0.15) is 5.10 Å². The Balaban J connectivity index is 1.93. The van der Waals surface area contributed by atoms with Crippen LogP contribution in [0.1, 0.15) is 24.8 Å². The molecule has 1 fully saturated rings. The van der Waals surface area contributed by atoms with Crippen molar-refractivity contribution in [3.05, 3.63) is 18.0 Å². The molecule has 0 atom stereocenters. The van der Waals surface area contributed by atoms with Gasteiger partial charge in [0, 0.05) is 25.6 Å². The van der Waals surface area contributed by atoms with Crippen molar-refractivity contribution in [3.8, 4) is 0 Å². The van der Waals surface area contributed by atoms with Crippen molar-refractivity contribution < 1.29 is 4.79 Å². The van der Waals surface area contributed by atoms with Crippen molar-refractivity contribution in [1.82, 2.24) is 9.78 Å². The van der Waals surface area contributed by atoms with Crippen LogP contribution in [0.3, 0.4) is 0 Å². The molecule has 0 aromatic carbocycles. The number of rotatable bonds is 3. The van der Waals surface area contributed by atoms with E-state index in [4.69, 9.17) is 0 Å². The highest BCUT2D eigenvalue weighted by molar-refractivity contribution is 5.83. The molecule has 0 spiro atoms. The van der Waals surface area contributed by atoms with E-state index in [9.17, 15) is 4.79 Å². The molecule has 3 nitrogen and oxygen atoms in total. The maximum atomic E-state index is 11.6. The van der Waals surface area contributed by atoms with Gasteiger partial charge in [-0.15, -0.1) is 0 Å². The quantitative estimate of drug-likeness (QED) is 0.700. The summed E-state index contributed by atoms with van der Waals surface area (Å²) in [7, 11) is 1.87. The third-order valence-electron chi connectivity index (χ3n) is 2.70. The van der Waals surface area contributed by atoms with Crippen LogP contribution in [0.15, 0.2) is 12.4 Å². The van der Waals surface area contributed by atoms with Crippen LogP contribution >= 0.6 is 0 Å². The zero-order chi connectivity index (χ0) is 9.26. The second-order valence-electron chi connectivity index (χ2n) is 3.79. The topological polar surface area (TPSA) is 34.9 Å². The zero-order valence-electron chi connectivity index (χ0n) is 7.86. The van der Waals surface area contributed by atoms with Gasteiger partial charge in [0.2, 0.25) is 0 Å². The van der Waals surface area contributed by atoms with Gasteiger partial charge in [0.25, 0.3) is 0 Å². The van der Waals surface area contributed by atoms with Crippen molar-refractivity contribution >= 4 is 5.78 Å². The minimum Gasteiger partial charge on any atom is -0.299 e. The fraction of sp³-hybridized carbons (Fsp3) is 0.600. The summed E-state index contributed by atoms with van der Waals surface area (Å²) in [6, 6.07) is 0. The number of hydrogen-bond acceptors (Lipinski definition) is 2. The van der Waals surface area contributed by atoms with Crippen LogP contribution in [0.4, 0.5) is 0 Å². The minimum absolute atomic E-state index is 0.347. The van der Waals surface area contributed by atoms with E-state index in [2.05, 4.69) is 5.10 Å². The first-order valence-corrected chi connectivity index (χ1v) is 4.76. The van der Waals surface area contributed by atoms with Gasteiger partial charge in [0.1, 0.15) is 5.78 Å². The number of hydrogen-bond donors (Lipinski definition) is 0.